The van der Waals surface area contributed by atoms with Gasteiger partial charge in [0.25, 0.3) is 5.91 Å². The molecule has 0 aliphatic heterocycles. The van der Waals surface area contributed by atoms with Gasteiger partial charge < -0.3 is 19.5 Å². The minimum atomic E-state index is -0.469. The zero-order valence-electron chi connectivity index (χ0n) is 17.4. The molecule has 0 spiro atoms. The van der Waals surface area contributed by atoms with Crippen LogP contribution in [0, 0.1) is 0 Å². The van der Waals surface area contributed by atoms with E-state index in [0.717, 1.165) is 16.5 Å². The maximum atomic E-state index is 12.4. The Bertz CT molecular complexity index is 1040. The van der Waals surface area contributed by atoms with Crippen molar-refractivity contribution in [2.75, 3.05) is 26.6 Å². The zero-order chi connectivity index (χ0) is 21.5. The molecule has 0 bridgehead atoms. The van der Waals surface area contributed by atoms with Crippen molar-refractivity contribution in [2.24, 2.45) is 5.10 Å². The monoisotopic (exact) mass is 407 g/mol. The van der Waals surface area contributed by atoms with Gasteiger partial charge in [-0.15, -0.1) is 0 Å². The number of hydrogen-bond donors (Lipinski definition) is 2. The van der Waals surface area contributed by atoms with Gasteiger partial charge in [0, 0.05) is 11.3 Å². The summed E-state index contributed by atoms with van der Waals surface area (Å²) in [5, 5.41) is 9.49. The zero-order valence-corrected chi connectivity index (χ0v) is 17.4. The molecular formula is C23H25N3O4. The fraction of sp³-hybridized carbons (Fsp3) is 0.217. The first-order chi connectivity index (χ1) is 14.5. The molecule has 1 unspecified atom stereocenters. The van der Waals surface area contributed by atoms with E-state index in [9.17, 15) is 4.79 Å². The number of anilines is 1. The topological polar surface area (TPSA) is 81.2 Å². The Labute approximate surface area is 175 Å². The Hall–Kier alpha value is -3.74. The lowest BCUT2D eigenvalue weighted by Crippen LogP contribution is -2.34. The van der Waals surface area contributed by atoms with Crippen LogP contribution in [0.25, 0.3) is 10.8 Å². The normalized spacial score (nSPS) is 11.9. The summed E-state index contributed by atoms with van der Waals surface area (Å²) in [7, 11) is 4.62. The summed E-state index contributed by atoms with van der Waals surface area (Å²) in [4.78, 5) is 12.4. The van der Waals surface area contributed by atoms with Crippen LogP contribution in [0.3, 0.4) is 0 Å². The van der Waals surface area contributed by atoms with Gasteiger partial charge in [-0.05, 0) is 42.0 Å². The molecule has 3 aromatic rings. The van der Waals surface area contributed by atoms with Crippen LogP contribution < -0.4 is 25.0 Å². The number of carbonyl (C=O) groups excluding carboxylic acids is 1. The Morgan fingerprint density at radius 3 is 2.23 bits per heavy atom. The predicted octanol–water partition coefficient (Wildman–Crippen LogP) is 3.82. The molecule has 7 nitrogen and oxygen atoms in total. The summed E-state index contributed by atoms with van der Waals surface area (Å²) in [6.07, 6.45) is 1.52. The van der Waals surface area contributed by atoms with E-state index in [1.54, 1.807) is 33.3 Å². The van der Waals surface area contributed by atoms with Gasteiger partial charge in [0.1, 0.15) is 6.04 Å². The lowest BCUT2D eigenvalue weighted by molar-refractivity contribution is -0.121. The Morgan fingerprint density at radius 1 is 0.933 bits per heavy atom. The molecule has 3 rings (SSSR count). The quantitative estimate of drug-likeness (QED) is 0.438. The summed E-state index contributed by atoms with van der Waals surface area (Å²) in [5.41, 5.74) is 4.11. The highest BCUT2D eigenvalue weighted by molar-refractivity contribution is 5.89. The van der Waals surface area contributed by atoms with Crippen LogP contribution in [0.15, 0.2) is 59.7 Å². The number of nitrogens with zero attached hydrogens (tertiary/aromatic N) is 1. The van der Waals surface area contributed by atoms with Gasteiger partial charge in [0.15, 0.2) is 11.5 Å². The largest absolute Gasteiger partial charge is 0.493 e. The van der Waals surface area contributed by atoms with E-state index in [1.165, 1.54) is 13.3 Å². The molecule has 0 saturated carbocycles. The second kappa shape index (κ2) is 9.65. The highest BCUT2D eigenvalue weighted by Gasteiger charge is 2.14. The number of amides is 1. The van der Waals surface area contributed by atoms with Crippen molar-refractivity contribution < 1.29 is 19.0 Å². The van der Waals surface area contributed by atoms with Crippen molar-refractivity contribution in [3.63, 3.8) is 0 Å². The van der Waals surface area contributed by atoms with E-state index in [4.69, 9.17) is 14.2 Å². The van der Waals surface area contributed by atoms with Crippen LogP contribution >= 0.6 is 0 Å². The molecule has 1 atom stereocenters. The van der Waals surface area contributed by atoms with Crippen LogP contribution in [-0.2, 0) is 4.79 Å². The molecule has 2 N–H and O–H groups in total. The average Bonchev–Trinajstić information content (AvgIpc) is 2.78. The van der Waals surface area contributed by atoms with Gasteiger partial charge in [-0.25, -0.2) is 5.43 Å². The van der Waals surface area contributed by atoms with Gasteiger partial charge in [-0.2, -0.15) is 5.10 Å². The maximum absolute atomic E-state index is 12.4. The van der Waals surface area contributed by atoms with Crippen LogP contribution in [0.4, 0.5) is 5.69 Å². The molecule has 0 aromatic heterocycles. The number of hydrazone groups is 1. The smallest absolute Gasteiger partial charge is 0.262 e. The molecule has 0 aliphatic carbocycles. The molecule has 7 heteroatoms. The van der Waals surface area contributed by atoms with Crippen LogP contribution in [0.1, 0.15) is 12.5 Å². The Morgan fingerprint density at radius 2 is 1.60 bits per heavy atom. The second-order valence-electron chi connectivity index (χ2n) is 6.62. The molecule has 3 aromatic carbocycles. The Kier molecular flexibility index (Phi) is 6.75. The third kappa shape index (κ3) is 4.81. The fourth-order valence-corrected chi connectivity index (χ4v) is 3.04. The van der Waals surface area contributed by atoms with Crippen molar-refractivity contribution in [2.45, 2.75) is 13.0 Å². The second-order valence-corrected chi connectivity index (χ2v) is 6.62. The molecule has 30 heavy (non-hydrogen) atoms. The van der Waals surface area contributed by atoms with Crippen LogP contribution in [0.5, 0.6) is 17.2 Å². The predicted molar refractivity (Wildman–Crippen MR) is 119 cm³/mol. The number of fused-ring (bicyclic) bond motifs is 1. The third-order valence-corrected chi connectivity index (χ3v) is 4.60. The number of nitrogens with one attached hydrogen (secondary N) is 2. The minimum Gasteiger partial charge on any atom is -0.493 e. The van der Waals surface area contributed by atoms with Gasteiger partial charge in [0.05, 0.1) is 27.5 Å². The van der Waals surface area contributed by atoms with Gasteiger partial charge in [-0.3, -0.25) is 4.79 Å². The first-order valence-corrected chi connectivity index (χ1v) is 9.44. The number of benzene rings is 3. The van der Waals surface area contributed by atoms with Crippen molar-refractivity contribution in [3.05, 3.63) is 60.2 Å². The van der Waals surface area contributed by atoms with E-state index in [-0.39, 0.29) is 5.91 Å². The Balaban J connectivity index is 1.64. The highest BCUT2D eigenvalue weighted by Crippen LogP contribution is 2.37. The molecular weight excluding hydrogens is 382 g/mol. The van der Waals surface area contributed by atoms with E-state index < -0.39 is 6.04 Å². The van der Waals surface area contributed by atoms with Crippen molar-refractivity contribution >= 4 is 28.6 Å². The van der Waals surface area contributed by atoms with Gasteiger partial charge in [0.2, 0.25) is 5.75 Å². The number of carbonyl (C=O) groups is 1. The molecule has 0 saturated heterocycles. The van der Waals surface area contributed by atoms with Crippen molar-refractivity contribution in [1.29, 1.82) is 0 Å². The molecule has 0 heterocycles. The summed E-state index contributed by atoms with van der Waals surface area (Å²) < 4.78 is 15.9. The fourth-order valence-electron chi connectivity index (χ4n) is 3.04. The number of hydrogen-bond acceptors (Lipinski definition) is 6. The first kappa shape index (κ1) is 21.0. The molecule has 0 fully saturated rings. The molecule has 1 amide bonds. The summed E-state index contributed by atoms with van der Waals surface area (Å²) in [6.45, 7) is 1.78. The lowest BCUT2D eigenvalue weighted by atomic mass is 10.1. The highest BCUT2D eigenvalue weighted by atomic mass is 16.5. The summed E-state index contributed by atoms with van der Waals surface area (Å²) in [5.74, 6) is 1.26. The van der Waals surface area contributed by atoms with Crippen molar-refractivity contribution in [1.82, 2.24) is 5.43 Å². The number of methoxy groups -OCH3 is 3. The number of rotatable bonds is 8. The van der Waals surface area contributed by atoms with E-state index in [2.05, 4.69) is 15.8 Å². The standard InChI is InChI=1S/C23H25N3O4/c1-15(25-19-10-9-17-7-5-6-8-18(17)13-19)23(27)26-24-14-16-11-20(28-2)22(30-4)21(12-16)29-3/h5-15,25H,1-4H3,(H,26,27)/b24-14+. The summed E-state index contributed by atoms with van der Waals surface area (Å²) in [6, 6.07) is 17.1. The lowest BCUT2D eigenvalue weighted by Gasteiger charge is -2.14. The van der Waals surface area contributed by atoms with Crippen LogP contribution in [-0.4, -0.2) is 39.5 Å². The third-order valence-electron chi connectivity index (χ3n) is 4.60. The first-order valence-electron chi connectivity index (χ1n) is 9.44. The minimum absolute atomic E-state index is 0.258. The van der Waals surface area contributed by atoms with Gasteiger partial charge >= 0.3 is 0 Å². The molecule has 156 valence electrons. The van der Waals surface area contributed by atoms with E-state index in [1.807, 2.05) is 42.5 Å². The molecule has 0 aliphatic rings. The maximum Gasteiger partial charge on any atom is 0.262 e. The van der Waals surface area contributed by atoms with Crippen LogP contribution in [0.2, 0.25) is 0 Å². The van der Waals surface area contributed by atoms with E-state index in [0.29, 0.717) is 22.8 Å². The van der Waals surface area contributed by atoms with Gasteiger partial charge in [-0.1, -0.05) is 30.3 Å². The molecule has 0 radical (unpaired) electrons. The van der Waals surface area contributed by atoms with E-state index >= 15 is 0 Å². The number of ether oxygens (including phenoxy) is 3. The average molecular weight is 407 g/mol. The summed E-state index contributed by atoms with van der Waals surface area (Å²) >= 11 is 0. The SMILES string of the molecule is COc1cc(/C=N/NC(=O)C(C)Nc2ccc3ccccc3c2)cc(OC)c1OC. The van der Waals surface area contributed by atoms with Crippen molar-refractivity contribution in [3.8, 4) is 17.2 Å².